The summed E-state index contributed by atoms with van der Waals surface area (Å²) >= 11 is 11.8. The Hall–Kier alpha value is -0.770. The van der Waals surface area contributed by atoms with Crippen LogP contribution in [-0.4, -0.2) is 23.4 Å². The molecule has 0 saturated carbocycles. The zero-order chi connectivity index (χ0) is 12.6. The molecule has 1 heterocycles. The summed E-state index contributed by atoms with van der Waals surface area (Å²) in [6.07, 6.45) is 0.422. The molecule has 17 heavy (non-hydrogen) atoms. The predicted octanol–water partition coefficient (Wildman–Crippen LogP) is 2.61. The number of benzene rings is 1. The second-order valence-corrected chi connectivity index (χ2v) is 5.17. The summed E-state index contributed by atoms with van der Waals surface area (Å²) in [5.41, 5.74) is 6.75. The van der Waals surface area contributed by atoms with Crippen molar-refractivity contribution in [3.05, 3.63) is 33.8 Å². The number of nitrogens with two attached hydrogens (primary N) is 1. The molecule has 0 bridgehead atoms. The Morgan fingerprint density at radius 2 is 2.12 bits per heavy atom. The second kappa shape index (κ2) is 4.84. The van der Waals surface area contributed by atoms with Crippen LogP contribution in [0.5, 0.6) is 0 Å². The first-order valence-corrected chi connectivity index (χ1v) is 6.24. The van der Waals surface area contributed by atoms with Crippen molar-refractivity contribution in [3.63, 3.8) is 0 Å². The average molecular weight is 273 g/mol. The van der Waals surface area contributed by atoms with Gasteiger partial charge in [0.15, 0.2) is 0 Å². The van der Waals surface area contributed by atoms with E-state index in [-0.39, 0.29) is 18.0 Å². The monoisotopic (exact) mass is 272 g/mol. The maximum absolute atomic E-state index is 11.7. The Kier molecular flexibility index (Phi) is 3.61. The molecule has 0 spiro atoms. The highest BCUT2D eigenvalue weighted by Crippen LogP contribution is 2.30. The molecule has 2 rings (SSSR count). The van der Waals surface area contributed by atoms with Gasteiger partial charge in [0, 0.05) is 19.0 Å². The van der Waals surface area contributed by atoms with Crippen molar-refractivity contribution in [2.75, 3.05) is 6.54 Å². The van der Waals surface area contributed by atoms with Crippen LogP contribution in [0.25, 0.3) is 0 Å². The van der Waals surface area contributed by atoms with Gasteiger partial charge >= 0.3 is 0 Å². The SMILES string of the molecule is CC(c1ccc(Cl)c(Cl)c1)N1CC(N)CC1=O. The van der Waals surface area contributed by atoms with Gasteiger partial charge in [0.25, 0.3) is 0 Å². The molecule has 2 unspecified atom stereocenters. The summed E-state index contributed by atoms with van der Waals surface area (Å²) in [6, 6.07) is 5.34. The van der Waals surface area contributed by atoms with Crippen molar-refractivity contribution in [1.29, 1.82) is 0 Å². The molecule has 1 aromatic carbocycles. The summed E-state index contributed by atoms with van der Waals surface area (Å²) in [5, 5.41) is 1.03. The number of halogens is 2. The number of carbonyl (C=O) groups is 1. The fraction of sp³-hybridized carbons (Fsp3) is 0.417. The predicted molar refractivity (Wildman–Crippen MR) is 69.2 cm³/mol. The van der Waals surface area contributed by atoms with Gasteiger partial charge < -0.3 is 10.6 Å². The van der Waals surface area contributed by atoms with Crippen molar-refractivity contribution in [1.82, 2.24) is 4.90 Å². The molecule has 3 nitrogen and oxygen atoms in total. The highest BCUT2D eigenvalue weighted by atomic mass is 35.5. The molecule has 1 aromatic rings. The van der Waals surface area contributed by atoms with Gasteiger partial charge in [-0.15, -0.1) is 0 Å². The molecule has 5 heteroatoms. The Morgan fingerprint density at radius 1 is 1.41 bits per heavy atom. The van der Waals surface area contributed by atoms with Crippen LogP contribution in [0.1, 0.15) is 24.9 Å². The van der Waals surface area contributed by atoms with E-state index in [1.807, 2.05) is 13.0 Å². The van der Waals surface area contributed by atoms with Crippen LogP contribution in [0.3, 0.4) is 0 Å². The van der Waals surface area contributed by atoms with Crippen LogP contribution < -0.4 is 5.73 Å². The lowest BCUT2D eigenvalue weighted by molar-refractivity contribution is -0.129. The van der Waals surface area contributed by atoms with Gasteiger partial charge in [-0.2, -0.15) is 0 Å². The molecule has 1 saturated heterocycles. The van der Waals surface area contributed by atoms with E-state index in [0.717, 1.165) is 5.56 Å². The maximum Gasteiger partial charge on any atom is 0.224 e. The molecule has 0 aromatic heterocycles. The summed E-state index contributed by atoms with van der Waals surface area (Å²) < 4.78 is 0. The van der Waals surface area contributed by atoms with Gasteiger partial charge in [-0.25, -0.2) is 0 Å². The van der Waals surface area contributed by atoms with E-state index in [0.29, 0.717) is 23.0 Å². The van der Waals surface area contributed by atoms with E-state index < -0.39 is 0 Å². The molecular weight excluding hydrogens is 259 g/mol. The molecular formula is C12H14Cl2N2O. The van der Waals surface area contributed by atoms with Gasteiger partial charge in [-0.3, -0.25) is 4.79 Å². The fourth-order valence-electron chi connectivity index (χ4n) is 2.09. The number of carbonyl (C=O) groups excluding carboxylic acids is 1. The lowest BCUT2D eigenvalue weighted by Crippen LogP contribution is -2.30. The topological polar surface area (TPSA) is 46.3 Å². The largest absolute Gasteiger partial charge is 0.334 e. The smallest absolute Gasteiger partial charge is 0.224 e. The minimum atomic E-state index is -0.0623. The number of amides is 1. The first-order valence-electron chi connectivity index (χ1n) is 5.49. The molecule has 0 radical (unpaired) electrons. The van der Waals surface area contributed by atoms with Crippen LogP contribution in [-0.2, 0) is 4.79 Å². The molecule has 1 amide bonds. The van der Waals surface area contributed by atoms with Crippen molar-refractivity contribution in [3.8, 4) is 0 Å². The highest BCUT2D eigenvalue weighted by Gasteiger charge is 2.31. The lowest BCUT2D eigenvalue weighted by atomic mass is 10.1. The zero-order valence-electron chi connectivity index (χ0n) is 9.49. The number of likely N-dealkylation sites (tertiary alicyclic amines) is 1. The summed E-state index contributed by atoms with van der Waals surface area (Å²) in [7, 11) is 0. The minimum absolute atomic E-state index is 0.0224. The molecule has 2 atom stereocenters. The standard InChI is InChI=1S/C12H14Cl2N2O/c1-7(16-6-9(15)5-12(16)17)8-2-3-10(13)11(14)4-8/h2-4,7,9H,5-6,15H2,1H3. The van der Waals surface area contributed by atoms with E-state index in [1.165, 1.54) is 0 Å². The number of nitrogens with zero attached hydrogens (tertiary/aromatic N) is 1. The van der Waals surface area contributed by atoms with E-state index in [9.17, 15) is 4.79 Å². The lowest BCUT2D eigenvalue weighted by Gasteiger charge is -2.25. The van der Waals surface area contributed by atoms with Crippen molar-refractivity contribution in [2.45, 2.75) is 25.4 Å². The van der Waals surface area contributed by atoms with Crippen molar-refractivity contribution >= 4 is 29.1 Å². The van der Waals surface area contributed by atoms with E-state index in [4.69, 9.17) is 28.9 Å². The molecule has 1 aliphatic heterocycles. The number of hydrogen-bond acceptors (Lipinski definition) is 2. The minimum Gasteiger partial charge on any atom is -0.334 e. The van der Waals surface area contributed by atoms with E-state index in [1.54, 1.807) is 17.0 Å². The van der Waals surface area contributed by atoms with Gasteiger partial charge in [-0.05, 0) is 24.6 Å². The van der Waals surface area contributed by atoms with E-state index >= 15 is 0 Å². The molecule has 92 valence electrons. The third-order valence-electron chi connectivity index (χ3n) is 3.08. The molecule has 1 fully saturated rings. The van der Waals surface area contributed by atoms with Crippen LogP contribution in [0.4, 0.5) is 0 Å². The third kappa shape index (κ3) is 2.57. The molecule has 1 aliphatic rings. The van der Waals surface area contributed by atoms with Gasteiger partial charge in [0.1, 0.15) is 0 Å². The normalized spacial score (nSPS) is 22.0. The third-order valence-corrected chi connectivity index (χ3v) is 3.82. The quantitative estimate of drug-likeness (QED) is 0.900. The summed E-state index contributed by atoms with van der Waals surface area (Å²) in [5.74, 6) is 0.0936. The number of rotatable bonds is 2. The first kappa shape index (κ1) is 12.7. The van der Waals surface area contributed by atoms with Crippen LogP contribution in [0, 0.1) is 0 Å². The van der Waals surface area contributed by atoms with Gasteiger partial charge in [0.05, 0.1) is 16.1 Å². The zero-order valence-corrected chi connectivity index (χ0v) is 11.0. The Balaban J connectivity index is 2.22. The number of hydrogen-bond donors (Lipinski definition) is 1. The highest BCUT2D eigenvalue weighted by molar-refractivity contribution is 6.42. The van der Waals surface area contributed by atoms with Gasteiger partial charge in [-0.1, -0.05) is 29.3 Å². The van der Waals surface area contributed by atoms with Crippen LogP contribution in [0.15, 0.2) is 18.2 Å². The average Bonchev–Trinajstić information content (AvgIpc) is 2.61. The summed E-state index contributed by atoms with van der Waals surface area (Å²) in [6.45, 7) is 2.57. The van der Waals surface area contributed by atoms with Crippen LogP contribution in [0.2, 0.25) is 10.0 Å². The Bertz CT molecular complexity index is 450. The molecule has 0 aliphatic carbocycles. The maximum atomic E-state index is 11.7. The first-order chi connectivity index (χ1) is 7.99. The van der Waals surface area contributed by atoms with Gasteiger partial charge in [0.2, 0.25) is 5.91 Å². The fourth-order valence-corrected chi connectivity index (χ4v) is 2.39. The van der Waals surface area contributed by atoms with Crippen LogP contribution >= 0.6 is 23.2 Å². The van der Waals surface area contributed by atoms with Crippen molar-refractivity contribution in [2.24, 2.45) is 5.73 Å². The second-order valence-electron chi connectivity index (χ2n) is 4.36. The van der Waals surface area contributed by atoms with E-state index in [2.05, 4.69) is 0 Å². The molecule has 2 N–H and O–H groups in total. The van der Waals surface area contributed by atoms with Crippen molar-refractivity contribution < 1.29 is 4.79 Å². The Labute approximate surface area is 110 Å². The Morgan fingerprint density at radius 3 is 2.65 bits per heavy atom. The summed E-state index contributed by atoms with van der Waals surface area (Å²) in [4.78, 5) is 13.5.